The average Bonchev–Trinajstić information content (AvgIpc) is 2.54. The highest BCUT2D eigenvalue weighted by atomic mass is 32.2. The minimum absolute atomic E-state index is 0.0993. The van der Waals surface area contributed by atoms with Gasteiger partial charge >= 0.3 is 0 Å². The summed E-state index contributed by atoms with van der Waals surface area (Å²) in [5.74, 6) is 0.652. The van der Waals surface area contributed by atoms with E-state index in [4.69, 9.17) is 9.84 Å². The predicted molar refractivity (Wildman–Crippen MR) is 86.0 cm³/mol. The van der Waals surface area contributed by atoms with Crippen molar-refractivity contribution in [1.29, 1.82) is 0 Å². The van der Waals surface area contributed by atoms with Gasteiger partial charge in [0.2, 0.25) is 0 Å². The Kier molecular flexibility index (Phi) is 6.23. The van der Waals surface area contributed by atoms with Crippen LogP contribution in [-0.2, 0) is 9.84 Å². The first-order valence-corrected chi connectivity index (χ1v) is 9.44. The Balaban J connectivity index is 2.01. The summed E-state index contributed by atoms with van der Waals surface area (Å²) in [6.45, 7) is 1.59. The van der Waals surface area contributed by atoms with Gasteiger partial charge in [0, 0.05) is 19.2 Å². The Morgan fingerprint density at radius 1 is 1.36 bits per heavy atom. The minimum Gasteiger partial charge on any atom is -0.497 e. The zero-order chi connectivity index (χ0) is 16.0. The molecule has 6 heteroatoms. The van der Waals surface area contributed by atoms with Crippen LogP contribution in [0.2, 0.25) is 0 Å². The molecule has 0 aliphatic carbocycles. The van der Waals surface area contributed by atoms with E-state index in [0.717, 1.165) is 32.2 Å². The van der Waals surface area contributed by atoms with Crippen LogP contribution in [0.1, 0.15) is 25.7 Å². The van der Waals surface area contributed by atoms with Crippen LogP contribution in [-0.4, -0.2) is 57.0 Å². The third-order valence-corrected chi connectivity index (χ3v) is 5.95. The van der Waals surface area contributed by atoms with Gasteiger partial charge in [0.15, 0.2) is 9.84 Å². The number of hydrogen-bond donors (Lipinski definition) is 1. The molecule has 1 N–H and O–H groups in total. The smallest absolute Gasteiger partial charge is 0.179 e. The van der Waals surface area contributed by atoms with E-state index in [1.165, 1.54) is 7.11 Å². The highest BCUT2D eigenvalue weighted by molar-refractivity contribution is 7.91. The molecule has 1 saturated heterocycles. The van der Waals surface area contributed by atoms with Crippen molar-refractivity contribution >= 4 is 9.84 Å². The van der Waals surface area contributed by atoms with Crippen LogP contribution in [0.3, 0.4) is 0 Å². The maximum atomic E-state index is 12.5. The molecule has 0 bridgehead atoms. The molecule has 0 spiro atoms. The fourth-order valence-electron chi connectivity index (χ4n) is 2.98. The molecule has 5 nitrogen and oxygen atoms in total. The van der Waals surface area contributed by atoms with Gasteiger partial charge in [-0.1, -0.05) is 12.5 Å². The number of likely N-dealkylation sites (tertiary alicyclic amines) is 1. The molecule has 1 aliphatic heterocycles. The highest BCUT2D eigenvalue weighted by Gasteiger charge is 2.24. The number of benzene rings is 1. The lowest BCUT2D eigenvalue weighted by molar-refractivity contribution is 0.126. The molecule has 1 atom stereocenters. The quantitative estimate of drug-likeness (QED) is 0.826. The van der Waals surface area contributed by atoms with Crippen LogP contribution < -0.4 is 4.74 Å². The number of nitrogens with zero attached hydrogens (tertiary/aromatic N) is 1. The zero-order valence-electron chi connectivity index (χ0n) is 13.1. The van der Waals surface area contributed by atoms with Crippen LogP contribution >= 0.6 is 0 Å². The van der Waals surface area contributed by atoms with Gasteiger partial charge in [0.05, 0.1) is 17.8 Å². The molecule has 1 fully saturated rings. The van der Waals surface area contributed by atoms with E-state index in [1.54, 1.807) is 24.3 Å². The van der Waals surface area contributed by atoms with Crippen molar-refractivity contribution in [2.45, 2.75) is 36.6 Å². The molecule has 0 aromatic heterocycles. The lowest BCUT2D eigenvalue weighted by atomic mass is 10.00. The van der Waals surface area contributed by atoms with Crippen LogP contribution in [0.25, 0.3) is 0 Å². The highest BCUT2D eigenvalue weighted by Crippen LogP contribution is 2.21. The van der Waals surface area contributed by atoms with E-state index in [9.17, 15) is 8.42 Å². The molecule has 0 amide bonds. The van der Waals surface area contributed by atoms with E-state index in [-0.39, 0.29) is 12.4 Å². The lowest BCUT2D eigenvalue weighted by Crippen LogP contribution is -2.42. The third kappa shape index (κ3) is 4.44. The number of piperidine rings is 1. The normalized spacial score (nSPS) is 20.0. The molecule has 22 heavy (non-hydrogen) atoms. The Morgan fingerprint density at radius 2 is 2.18 bits per heavy atom. The topological polar surface area (TPSA) is 66.8 Å². The second-order valence-corrected chi connectivity index (χ2v) is 7.80. The van der Waals surface area contributed by atoms with Crippen LogP contribution in [0.4, 0.5) is 0 Å². The molecule has 1 aliphatic rings. The van der Waals surface area contributed by atoms with Gasteiger partial charge in [-0.25, -0.2) is 8.42 Å². The number of methoxy groups -OCH3 is 1. The minimum atomic E-state index is -3.31. The summed E-state index contributed by atoms with van der Waals surface area (Å²) in [6, 6.07) is 6.91. The molecular formula is C16H25NO4S. The number of rotatable bonds is 7. The summed E-state index contributed by atoms with van der Waals surface area (Å²) < 4.78 is 30.0. The van der Waals surface area contributed by atoms with Crippen molar-refractivity contribution in [2.75, 3.05) is 32.6 Å². The fraction of sp³-hybridized carbons (Fsp3) is 0.625. The Morgan fingerprint density at radius 3 is 2.91 bits per heavy atom. The van der Waals surface area contributed by atoms with Crippen molar-refractivity contribution in [3.8, 4) is 5.75 Å². The van der Waals surface area contributed by atoms with Crippen LogP contribution in [0, 0.1) is 0 Å². The molecule has 2 rings (SSSR count). The lowest BCUT2D eigenvalue weighted by Gasteiger charge is -2.35. The summed E-state index contributed by atoms with van der Waals surface area (Å²) in [5.41, 5.74) is 0. The van der Waals surface area contributed by atoms with E-state index in [0.29, 0.717) is 23.2 Å². The van der Waals surface area contributed by atoms with Gasteiger partial charge in [-0.05, 0) is 44.0 Å². The summed E-state index contributed by atoms with van der Waals surface area (Å²) in [4.78, 5) is 2.51. The maximum Gasteiger partial charge on any atom is 0.179 e. The number of sulfone groups is 1. The summed E-state index contributed by atoms with van der Waals surface area (Å²) >= 11 is 0. The average molecular weight is 327 g/mol. The number of aliphatic hydroxyl groups is 1. The standard InChI is InChI=1S/C16H25NO4S/c1-21-15-6-4-7-16(13-15)22(19,20)12-10-17-9-3-2-5-14(17)8-11-18/h4,6-7,13-14,18H,2-3,5,8-12H2,1H3. The van der Waals surface area contributed by atoms with E-state index < -0.39 is 9.84 Å². The summed E-state index contributed by atoms with van der Waals surface area (Å²) in [5, 5.41) is 9.14. The molecule has 1 aromatic carbocycles. The monoisotopic (exact) mass is 327 g/mol. The zero-order valence-corrected chi connectivity index (χ0v) is 13.9. The summed E-state index contributed by atoms with van der Waals surface area (Å²) in [7, 11) is -1.79. The van der Waals surface area contributed by atoms with Crippen molar-refractivity contribution in [2.24, 2.45) is 0 Å². The Labute approximate surface area is 132 Å². The molecule has 1 aromatic rings. The van der Waals surface area contributed by atoms with Crippen LogP contribution in [0.5, 0.6) is 5.75 Å². The largest absolute Gasteiger partial charge is 0.497 e. The number of hydrogen-bond acceptors (Lipinski definition) is 5. The SMILES string of the molecule is COc1cccc(S(=O)(=O)CCN2CCCCC2CCO)c1. The first-order valence-electron chi connectivity index (χ1n) is 7.78. The van der Waals surface area contributed by atoms with Crippen molar-refractivity contribution in [3.05, 3.63) is 24.3 Å². The molecule has 0 radical (unpaired) electrons. The van der Waals surface area contributed by atoms with Gasteiger partial charge < -0.3 is 9.84 Å². The van der Waals surface area contributed by atoms with E-state index in [2.05, 4.69) is 4.90 Å². The van der Waals surface area contributed by atoms with Crippen LogP contribution in [0.15, 0.2) is 29.2 Å². The maximum absolute atomic E-state index is 12.5. The van der Waals surface area contributed by atoms with Crippen molar-refractivity contribution < 1.29 is 18.3 Å². The molecule has 124 valence electrons. The Bertz CT molecular complexity index is 571. The van der Waals surface area contributed by atoms with Gasteiger partial charge in [-0.15, -0.1) is 0 Å². The van der Waals surface area contributed by atoms with Crippen molar-refractivity contribution in [3.63, 3.8) is 0 Å². The van der Waals surface area contributed by atoms with Gasteiger partial charge in [0.25, 0.3) is 0 Å². The molecule has 1 unspecified atom stereocenters. The number of aliphatic hydroxyl groups excluding tert-OH is 1. The van der Waals surface area contributed by atoms with E-state index in [1.807, 2.05) is 0 Å². The molecule has 1 heterocycles. The second kappa shape index (κ2) is 7.94. The van der Waals surface area contributed by atoms with E-state index >= 15 is 0 Å². The third-order valence-electron chi connectivity index (χ3n) is 4.26. The molecule has 0 saturated carbocycles. The molecular weight excluding hydrogens is 302 g/mol. The second-order valence-electron chi connectivity index (χ2n) is 5.70. The fourth-order valence-corrected chi connectivity index (χ4v) is 4.27. The first-order chi connectivity index (χ1) is 10.6. The predicted octanol–water partition coefficient (Wildman–Crippen LogP) is 1.71. The Hall–Kier alpha value is -1.11. The summed E-state index contributed by atoms with van der Waals surface area (Å²) in [6.07, 6.45) is 4.02. The van der Waals surface area contributed by atoms with Crippen molar-refractivity contribution in [1.82, 2.24) is 4.90 Å². The van der Waals surface area contributed by atoms with Gasteiger partial charge in [-0.2, -0.15) is 0 Å². The first kappa shape index (κ1) is 17.2. The number of ether oxygens (including phenoxy) is 1. The van der Waals surface area contributed by atoms with Gasteiger partial charge in [0.1, 0.15) is 5.75 Å². The van der Waals surface area contributed by atoms with Gasteiger partial charge in [-0.3, -0.25) is 4.90 Å².